The summed E-state index contributed by atoms with van der Waals surface area (Å²) in [6.45, 7) is 1.61. The first-order chi connectivity index (χ1) is 7.61. The minimum Gasteiger partial charge on any atom is -0.347 e. The highest BCUT2D eigenvalue weighted by atomic mass is 19.1. The minimum absolute atomic E-state index is 0.177. The van der Waals surface area contributed by atoms with E-state index in [2.05, 4.69) is 5.32 Å². The van der Waals surface area contributed by atoms with E-state index in [0.717, 1.165) is 5.56 Å². The number of amides is 1. The highest BCUT2D eigenvalue weighted by molar-refractivity contribution is 5.79. The van der Waals surface area contributed by atoms with Crippen LogP contribution in [0.15, 0.2) is 24.3 Å². The summed E-state index contributed by atoms with van der Waals surface area (Å²) in [6, 6.07) is 5.56. The predicted molar refractivity (Wildman–Crippen MR) is 58.4 cm³/mol. The van der Waals surface area contributed by atoms with Crippen LogP contribution in [0.5, 0.6) is 0 Å². The van der Waals surface area contributed by atoms with Crippen LogP contribution in [-0.4, -0.2) is 18.2 Å². The number of hydrogen-bond donors (Lipinski definition) is 1. The van der Waals surface area contributed by atoms with Crippen molar-refractivity contribution in [2.45, 2.75) is 25.8 Å². The zero-order valence-corrected chi connectivity index (χ0v) is 9.07. The molecule has 0 radical (unpaired) electrons. The third-order valence-electron chi connectivity index (χ3n) is 2.15. The van der Waals surface area contributed by atoms with Crippen molar-refractivity contribution in [2.24, 2.45) is 0 Å². The third kappa shape index (κ3) is 4.21. The average Bonchev–Trinajstić information content (AvgIpc) is 2.28. The first-order valence-electron chi connectivity index (χ1n) is 5.11. The van der Waals surface area contributed by atoms with Crippen molar-refractivity contribution in [2.75, 3.05) is 0 Å². The number of rotatable bonds is 5. The number of halogens is 1. The van der Waals surface area contributed by atoms with E-state index in [1.54, 1.807) is 19.1 Å². The van der Waals surface area contributed by atoms with Gasteiger partial charge in [0.2, 0.25) is 5.91 Å². The fraction of sp³-hybridized carbons (Fsp3) is 0.333. The summed E-state index contributed by atoms with van der Waals surface area (Å²) in [4.78, 5) is 21.6. The van der Waals surface area contributed by atoms with Crippen molar-refractivity contribution >= 4 is 12.2 Å². The van der Waals surface area contributed by atoms with E-state index in [1.807, 2.05) is 0 Å². The average molecular weight is 223 g/mol. The van der Waals surface area contributed by atoms with Crippen LogP contribution in [0.3, 0.4) is 0 Å². The SMILES string of the molecule is C[C@@H](C=O)NC(=O)CCc1ccc(F)cc1. The molecular weight excluding hydrogens is 209 g/mol. The number of hydrogen-bond acceptors (Lipinski definition) is 2. The fourth-order valence-corrected chi connectivity index (χ4v) is 1.27. The number of carbonyl (C=O) groups excluding carboxylic acids is 2. The summed E-state index contributed by atoms with van der Waals surface area (Å²) in [5, 5.41) is 2.53. The maximum Gasteiger partial charge on any atom is 0.220 e. The molecule has 0 aliphatic heterocycles. The molecule has 1 atom stereocenters. The summed E-state index contributed by atoms with van der Waals surface area (Å²) in [5.41, 5.74) is 0.898. The number of aldehydes is 1. The van der Waals surface area contributed by atoms with Crippen LogP contribution in [0.2, 0.25) is 0 Å². The highest BCUT2D eigenvalue weighted by Crippen LogP contribution is 2.05. The predicted octanol–water partition coefficient (Wildman–Crippen LogP) is 1.46. The molecule has 3 nitrogen and oxygen atoms in total. The van der Waals surface area contributed by atoms with Crippen LogP contribution >= 0.6 is 0 Å². The van der Waals surface area contributed by atoms with E-state index in [-0.39, 0.29) is 11.7 Å². The van der Waals surface area contributed by atoms with Crippen molar-refractivity contribution in [3.05, 3.63) is 35.6 Å². The molecule has 1 aromatic carbocycles. The molecule has 1 aromatic rings. The molecule has 0 aromatic heterocycles. The smallest absolute Gasteiger partial charge is 0.220 e. The second kappa shape index (κ2) is 6.00. The summed E-state index contributed by atoms with van der Waals surface area (Å²) in [5.74, 6) is -0.466. The number of nitrogens with one attached hydrogen (secondary N) is 1. The molecule has 0 bridgehead atoms. The Bertz CT molecular complexity index is 362. The van der Waals surface area contributed by atoms with Gasteiger partial charge in [0.1, 0.15) is 12.1 Å². The molecule has 0 unspecified atom stereocenters. The van der Waals surface area contributed by atoms with E-state index in [1.165, 1.54) is 12.1 Å². The molecule has 86 valence electrons. The largest absolute Gasteiger partial charge is 0.347 e. The number of carbonyl (C=O) groups is 2. The standard InChI is InChI=1S/C12H14FNO2/c1-9(8-15)14-12(16)7-4-10-2-5-11(13)6-3-10/h2-3,5-6,8-9H,4,7H2,1H3,(H,14,16)/t9-/m0/s1. The summed E-state index contributed by atoms with van der Waals surface area (Å²) in [6.07, 6.45) is 1.51. The van der Waals surface area contributed by atoms with E-state index >= 15 is 0 Å². The van der Waals surface area contributed by atoms with Gasteiger partial charge in [-0.05, 0) is 31.0 Å². The second-order valence-electron chi connectivity index (χ2n) is 3.62. The van der Waals surface area contributed by atoms with Gasteiger partial charge < -0.3 is 10.1 Å². The van der Waals surface area contributed by atoms with Crippen molar-refractivity contribution < 1.29 is 14.0 Å². The van der Waals surface area contributed by atoms with Gasteiger partial charge in [-0.2, -0.15) is 0 Å². The van der Waals surface area contributed by atoms with Crippen LogP contribution in [-0.2, 0) is 16.0 Å². The molecule has 0 aliphatic rings. The van der Waals surface area contributed by atoms with Gasteiger partial charge in [0, 0.05) is 6.42 Å². The monoisotopic (exact) mass is 223 g/mol. The normalized spacial score (nSPS) is 11.9. The molecule has 0 saturated heterocycles. The summed E-state index contributed by atoms with van der Waals surface area (Å²) >= 11 is 0. The van der Waals surface area contributed by atoms with Crippen molar-refractivity contribution in [1.29, 1.82) is 0 Å². The molecule has 1 amide bonds. The molecule has 0 saturated carbocycles. The zero-order chi connectivity index (χ0) is 12.0. The van der Waals surface area contributed by atoms with E-state index in [0.29, 0.717) is 19.1 Å². The first-order valence-corrected chi connectivity index (χ1v) is 5.11. The Labute approximate surface area is 93.7 Å². The Balaban J connectivity index is 2.37. The molecular formula is C12H14FNO2. The van der Waals surface area contributed by atoms with Crippen LogP contribution in [0.25, 0.3) is 0 Å². The molecule has 1 N–H and O–H groups in total. The van der Waals surface area contributed by atoms with Gasteiger partial charge in [-0.1, -0.05) is 12.1 Å². The summed E-state index contributed by atoms with van der Waals surface area (Å²) in [7, 11) is 0. The second-order valence-corrected chi connectivity index (χ2v) is 3.62. The van der Waals surface area contributed by atoms with Crippen LogP contribution in [0.1, 0.15) is 18.9 Å². The molecule has 1 rings (SSSR count). The lowest BCUT2D eigenvalue weighted by Gasteiger charge is -2.07. The fourth-order valence-electron chi connectivity index (χ4n) is 1.27. The van der Waals surface area contributed by atoms with Crippen LogP contribution in [0, 0.1) is 5.82 Å². The van der Waals surface area contributed by atoms with E-state index in [4.69, 9.17) is 0 Å². The van der Waals surface area contributed by atoms with Crippen molar-refractivity contribution in [3.8, 4) is 0 Å². The molecule has 0 fully saturated rings. The lowest BCUT2D eigenvalue weighted by Crippen LogP contribution is -2.33. The van der Waals surface area contributed by atoms with Gasteiger partial charge in [-0.15, -0.1) is 0 Å². The molecule has 4 heteroatoms. The minimum atomic E-state index is -0.458. The first kappa shape index (κ1) is 12.4. The zero-order valence-electron chi connectivity index (χ0n) is 9.07. The number of benzene rings is 1. The molecule has 0 heterocycles. The van der Waals surface area contributed by atoms with Gasteiger partial charge in [-0.25, -0.2) is 4.39 Å². The van der Waals surface area contributed by atoms with E-state index < -0.39 is 6.04 Å². The van der Waals surface area contributed by atoms with Gasteiger partial charge >= 0.3 is 0 Å². The Morgan fingerprint density at radius 1 is 1.44 bits per heavy atom. The molecule has 16 heavy (non-hydrogen) atoms. The Morgan fingerprint density at radius 2 is 2.06 bits per heavy atom. The lowest BCUT2D eigenvalue weighted by atomic mass is 10.1. The third-order valence-corrected chi connectivity index (χ3v) is 2.15. The molecule has 0 spiro atoms. The topological polar surface area (TPSA) is 46.2 Å². The maximum atomic E-state index is 12.6. The molecule has 0 aliphatic carbocycles. The Kier molecular flexibility index (Phi) is 4.64. The lowest BCUT2D eigenvalue weighted by molar-refractivity contribution is -0.123. The Hall–Kier alpha value is -1.71. The van der Waals surface area contributed by atoms with E-state index in [9.17, 15) is 14.0 Å². The summed E-state index contributed by atoms with van der Waals surface area (Å²) < 4.78 is 12.6. The quantitative estimate of drug-likeness (QED) is 0.768. The van der Waals surface area contributed by atoms with Crippen LogP contribution < -0.4 is 5.32 Å². The highest BCUT2D eigenvalue weighted by Gasteiger charge is 2.05. The van der Waals surface area contributed by atoms with Crippen molar-refractivity contribution in [1.82, 2.24) is 5.32 Å². The van der Waals surface area contributed by atoms with Gasteiger partial charge in [0.05, 0.1) is 6.04 Å². The van der Waals surface area contributed by atoms with Gasteiger partial charge in [0.15, 0.2) is 0 Å². The Morgan fingerprint density at radius 3 is 2.62 bits per heavy atom. The van der Waals surface area contributed by atoms with Crippen LogP contribution in [0.4, 0.5) is 4.39 Å². The van der Waals surface area contributed by atoms with Gasteiger partial charge in [-0.3, -0.25) is 4.79 Å². The number of aryl methyl sites for hydroxylation is 1. The van der Waals surface area contributed by atoms with Gasteiger partial charge in [0.25, 0.3) is 0 Å². The van der Waals surface area contributed by atoms with Crippen molar-refractivity contribution in [3.63, 3.8) is 0 Å². The maximum absolute atomic E-state index is 12.6.